The molecule has 1 heterocycles. The van der Waals surface area contributed by atoms with Crippen LogP contribution in [0.1, 0.15) is 0 Å². The topological polar surface area (TPSA) is 41.6 Å². The highest BCUT2D eigenvalue weighted by Gasteiger charge is 2.10. The molecular weight excluding hydrogens is 356 g/mol. The van der Waals surface area contributed by atoms with Gasteiger partial charge in [-0.25, -0.2) is 9.37 Å². The molecule has 0 aliphatic rings. The van der Waals surface area contributed by atoms with Crippen LogP contribution in [-0.2, 0) is 0 Å². The van der Waals surface area contributed by atoms with Gasteiger partial charge >= 0.3 is 0 Å². The van der Waals surface area contributed by atoms with E-state index in [4.69, 9.17) is 0 Å². The Hall–Kier alpha value is -1.76. The summed E-state index contributed by atoms with van der Waals surface area (Å²) in [6, 6.07) is 14.3. The third-order valence-corrected chi connectivity index (χ3v) is 3.60. The van der Waals surface area contributed by atoms with E-state index in [-0.39, 0.29) is 5.82 Å². The maximum absolute atomic E-state index is 13.1. The monoisotopic (exact) mass is 365 g/mol. The molecule has 0 amide bonds. The van der Waals surface area contributed by atoms with Gasteiger partial charge in [-0.05, 0) is 40.8 Å². The van der Waals surface area contributed by atoms with Crippen LogP contribution in [0, 0.1) is 9.39 Å². The predicted molar refractivity (Wildman–Crippen MR) is 79.9 cm³/mol. The molecule has 0 fully saturated rings. The molecule has 2 aromatic carbocycles. The summed E-state index contributed by atoms with van der Waals surface area (Å²) in [6.07, 6.45) is 0. The van der Waals surface area contributed by atoms with Crippen LogP contribution >= 0.6 is 22.6 Å². The number of halogens is 2. The van der Waals surface area contributed by atoms with E-state index in [1.54, 1.807) is 6.07 Å². The average Bonchev–Trinajstić information content (AvgIpc) is 2.89. The minimum atomic E-state index is -0.254. The minimum Gasteiger partial charge on any atom is -0.259 e. The number of aromatic nitrogens is 3. The third kappa shape index (κ3) is 2.51. The van der Waals surface area contributed by atoms with Crippen LogP contribution in [0.2, 0.25) is 0 Å². The lowest BCUT2D eigenvalue weighted by atomic mass is 10.2. The smallest absolute Gasteiger partial charge is 0.181 e. The Morgan fingerprint density at radius 1 is 1.05 bits per heavy atom. The first-order valence-corrected chi connectivity index (χ1v) is 6.75. The lowest BCUT2D eigenvalue weighted by Gasteiger charge is -1.99. The highest BCUT2D eigenvalue weighted by atomic mass is 127. The van der Waals surface area contributed by atoms with Crippen molar-refractivity contribution in [2.75, 3.05) is 0 Å². The second-order valence-electron chi connectivity index (χ2n) is 4.00. The zero-order valence-corrected chi connectivity index (χ0v) is 11.9. The lowest BCUT2D eigenvalue weighted by Crippen LogP contribution is -1.87. The summed E-state index contributed by atoms with van der Waals surface area (Å²) in [6.45, 7) is 0. The maximum Gasteiger partial charge on any atom is 0.181 e. The van der Waals surface area contributed by atoms with E-state index < -0.39 is 0 Å². The van der Waals surface area contributed by atoms with Gasteiger partial charge in [-0.2, -0.15) is 5.10 Å². The number of benzene rings is 2. The van der Waals surface area contributed by atoms with Crippen LogP contribution in [0.5, 0.6) is 0 Å². The molecule has 0 saturated carbocycles. The summed E-state index contributed by atoms with van der Waals surface area (Å²) in [4.78, 5) is 4.45. The first kappa shape index (κ1) is 12.3. The van der Waals surface area contributed by atoms with Crippen molar-refractivity contribution in [3.63, 3.8) is 0 Å². The summed E-state index contributed by atoms with van der Waals surface area (Å²) in [5.41, 5.74) is 1.79. The Labute approximate surface area is 123 Å². The average molecular weight is 365 g/mol. The van der Waals surface area contributed by atoms with Crippen molar-refractivity contribution in [2.45, 2.75) is 0 Å². The molecule has 5 heteroatoms. The van der Waals surface area contributed by atoms with E-state index in [2.05, 4.69) is 37.8 Å². The van der Waals surface area contributed by atoms with Crippen LogP contribution in [-0.4, -0.2) is 15.2 Å². The molecule has 1 aromatic heterocycles. The molecule has 0 atom stereocenters. The summed E-state index contributed by atoms with van der Waals surface area (Å²) in [5.74, 6) is 1.02. The summed E-state index contributed by atoms with van der Waals surface area (Å²) < 4.78 is 13.9. The zero-order valence-electron chi connectivity index (χ0n) is 9.77. The minimum absolute atomic E-state index is 0.254. The van der Waals surface area contributed by atoms with Crippen LogP contribution in [0.25, 0.3) is 22.8 Å². The third-order valence-electron chi connectivity index (χ3n) is 2.70. The molecule has 0 radical (unpaired) electrons. The molecule has 0 spiro atoms. The Kier molecular flexibility index (Phi) is 3.29. The standard InChI is InChI=1S/C14H9FIN3/c15-10-6-7-11(12(16)8-10)14-17-13(18-19-14)9-4-2-1-3-5-9/h1-8H,(H,17,18,19). The van der Waals surface area contributed by atoms with Crippen molar-refractivity contribution in [3.05, 3.63) is 57.9 Å². The van der Waals surface area contributed by atoms with Crippen molar-refractivity contribution >= 4 is 22.6 Å². The van der Waals surface area contributed by atoms with Gasteiger partial charge in [0.25, 0.3) is 0 Å². The predicted octanol–water partition coefficient (Wildman–Crippen LogP) is 3.88. The molecule has 0 saturated heterocycles. The molecule has 3 rings (SSSR count). The second kappa shape index (κ2) is 5.08. The van der Waals surface area contributed by atoms with Gasteiger partial charge in [0.05, 0.1) is 0 Å². The number of aromatic amines is 1. The van der Waals surface area contributed by atoms with Crippen molar-refractivity contribution in [1.29, 1.82) is 0 Å². The molecule has 0 aliphatic carbocycles. The number of H-pyrrole nitrogens is 1. The summed E-state index contributed by atoms with van der Waals surface area (Å²) in [5, 5.41) is 7.09. The van der Waals surface area contributed by atoms with Crippen LogP contribution in [0.3, 0.4) is 0 Å². The van der Waals surface area contributed by atoms with E-state index >= 15 is 0 Å². The molecule has 3 nitrogen and oxygen atoms in total. The first-order chi connectivity index (χ1) is 9.24. The van der Waals surface area contributed by atoms with Gasteiger partial charge in [0.15, 0.2) is 11.6 Å². The van der Waals surface area contributed by atoms with Gasteiger partial charge in [0.1, 0.15) is 5.82 Å². The van der Waals surface area contributed by atoms with E-state index in [1.165, 1.54) is 12.1 Å². The van der Waals surface area contributed by atoms with E-state index in [1.807, 2.05) is 30.3 Å². The Bertz CT molecular complexity index is 710. The van der Waals surface area contributed by atoms with E-state index in [0.717, 1.165) is 14.7 Å². The summed E-state index contributed by atoms with van der Waals surface area (Å²) >= 11 is 2.09. The van der Waals surface area contributed by atoms with Gasteiger partial charge in [0, 0.05) is 14.7 Å². The fourth-order valence-corrected chi connectivity index (χ4v) is 2.51. The molecule has 0 unspecified atom stereocenters. The van der Waals surface area contributed by atoms with Crippen molar-refractivity contribution in [2.24, 2.45) is 0 Å². The number of rotatable bonds is 2. The highest BCUT2D eigenvalue weighted by Crippen LogP contribution is 2.24. The molecule has 19 heavy (non-hydrogen) atoms. The van der Waals surface area contributed by atoms with E-state index in [0.29, 0.717) is 11.6 Å². The largest absolute Gasteiger partial charge is 0.259 e. The first-order valence-electron chi connectivity index (χ1n) is 5.67. The Morgan fingerprint density at radius 2 is 1.84 bits per heavy atom. The van der Waals surface area contributed by atoms with Crippen molar-refractivity contribution < 1.29 is 4.39 Å². The van der Waals surface area contributed by atoms with Crippen molar-refractivity contribution in [1.82, 2.24) is 15.2 Å². The summed E-state index contributed by atoms with van der Waals surface area (Å²) in [7, 11) is 0. The lowest BCUT2D eigenvalue weighted by molar-refractivity contribution is 0.627. The number of nitrogens with one attached hydrogen (secondary N) is 1. The second-order valence-corrected chi connectivity index (χ2v) is 5.16. The highest BCUT2D eigenvalue weighted by molar-refractivity contribution is 14.1. The van der Waals surface area contributed by atoms with Gasteiger partial charge < -0.3 is 0 Å². The van der Waals surface area contributed by atoms with Crippen molar-refractivity contribution in [3.8, 4) is 22.8 Å². The SMILES string of the molecule is Fc1ccc(-c2nc(-c3ccccc3)n[nH]2)c(I)c1. The quantitative estimate of drug-likeness (QED) is 0.701. The molecular formula is C14H9FIN3. The van der Waals surface area contributed by atoms with Crippen LogP contribution < -0.4 is 0 Å². The fourth-order valence-electron chi connectivity index (χ4n) is 1.78. The molecule has 3 aromatic rings. The van der Waals surface area contributed by atoms with Gasteiger partial charge in [-0.3, -0.25) is 5.10 Å². The Balaban J connectivity index is 2.02. The molecule has 0 bridgehead atoms. The number of nitrogens with zero attached hydrogens (tertiary/aromatic N) is 2. The maximum atomic E-state index is 13.1. The van der Waals surface area contributed by atoms with E-state index in [9.17, 15) is 4.39 Å². The fraction of sp³-hybridized carbons (Fsp3) is 0. The zero-order chi connectivity index (χ0) is 13.2. The van der Waals surface area contributed by atoms with Gasteiger partial charge in [-0.15, -0.1) is 0 Å². The normalized spacial score (nSPS) is 10.6. The van der Waals surface area contributed by atoms with Crippen LogP contribution in [0.4, 0.5) is 4.39 Å². The molecule has 94 valence electrons. The number of hydrogen-bond donors (Lipinski definition) is 1. The van der Waals surface area contributed by atoms with Gasteiger partial charge in [-0.1, -0.05) is 30.3 Å². The number of hydrogen-bond acceptors (Lipinski definition) is 2. The Morgan fingerprint density at radius 3 is 2.58 bits per heavy atom. The van der Waals surface area contributed by atoms with Gasteiger partial charge in [0.2, 0.25) is 0 Å². The molecule has 0 aliphatic heterocycles. The van der Waals surface area contributed by atoms with Crippen LogP contribution in [0.15, 0.2) is 48.5 Å². The molecule has 1 N–H and O–H groups in total.